The predicted octanol–water partition coefficient (Wildman–Crippen LogP) is 1.30. The summed E-state index contributed by atoms with van der Waals surface area (Å²) in [6.45, 7) is 10.4. The largest absolute Gasteiger partial charge is 0.391 e. The third kappa shape index (κ3) is 3.17. The molecule has 1 unspecified atom stereocenters. The molecule has 122 valence electrons. The first-order valence-electron chi connectivity index (χ1n) is 8.05. The predicted molar refractivity (Wildman–Crippen MR) is 86.3 cm³/mol. The lowest BCUT2D eigenvalue weighted by atomic mass is 9.85. The Bertz CT molecular complexity index is 511. The van der Waals surface area contributed by atoms with Gasteiger partial charge in [0.25, 0.3) is 0 Å². The molecule has 3 rings (SSSR count). The van der Waals surface area contributed by atoms with Gasteiger partial charge in [-0.3, -0.25) is 0 Å². The maximum absolute atomic E-state index is 10.1. The molecule has 0 saturated carbocycles. The van der Waals surface area contributed by atoms with Gasteiger partial charge in [-0.05, 0) is 17.9 Å². The van der Waals surface area contributed by atoms with Crippen molar-refractivity contribution >= 4 is 11.8 Å². The Morgan fingerprint density at radius 3 is 2.68 bits per heavy atom. The highest BCUT2D eigenvalue weighted by Crippen LogP contribution is 2.35. The molecular formula is C16H26N4O2. The summed E-state index contributed by atoms with van der Waals surface area (Å²) in [6, 6.07) is 2.23. The van der Waals surface area contributed by atoms with Gasteiger partial charge in [0.1, 0.15) is 5.82 Å². The summed E-state index contributed by atoms with van der Waals surface area (Å²) in [5.41, 5.74) is 0.0988. The Morgan fingerprint density at radius 2 is 2.00 bits per heavy atom. The number of hydrogen-bond donors (Lipinski definition) is 1. The molecule has 2 fully saturated rings. The molecule has 1 aromatic heterocycles. The van der Waals surface area contributed by atoms with Gasteiger partial charge >= 0.3 is 0 Å². The minimum absolute atomic E-state index is 0.0988. The lowest BCUT2D eigenvalue weighted by molar-refractivity contribution is 0.122. The molecule has 2 atom stereocenters. The molecule has 0 bridgehead atoms. The number of aromatic nitrogens is 2. The van der Waals surface area contributed by atoms with Crippen LogP contribution in [-0.2, 0) is 4.74 Å². The van der Waals surface area contributed by atoms with Crippen molar-refractivity contribution in [2.24, 2.45) is 5.41 Å². The molecule has 22 heavy (non-hydrogen) atoms. The fraction of sp³-hybridized carbons (Fsp3) is 0.750. The first-order chi connectivity index (χ1) is 10.4. The van der Waals surface area contributed by atoms with Crippen LogP contribution in [-0.4, -0.2) is 60.1 Å². The van der Waals surface area contributed by atoms with Crippen molar-refractivity contribution in [1.82, 2.24) is 9.97 Å². The van der Waals surface area contributed by atoms with Crippen LogP contribution in [0.4, 0.5) is 11.8 Å². The van der Waals surface area contributed by atoms with Crippen LogP contribution in [0, 0.1) is 5.41 Å². The third-order valence-corrected chi connectivity index (χ3v) is 4.50. The lowest BCUT2D eigenvalue weighted by Gasteiger charge is -2.36. The second-order valence-corrected chi connectivity index (χ2v) is 7.24. The number of nitrogens with zero attached hydrogens (tertiary/aromatic N) is 4. The van der Waals surface area contributed by atoms with E-state index in [2.05, 4.69) is 35.6 Å². The Kier molecular flexibility index (Phi) is 4.23. The number of hydrogen-bond acceptors (Lipinski definition) is 6. The summed E-state index contributed by atoms with van der Waals surface area (Å²) < 4.78 is 5.39. The molecule has 0 radical (unpaired) electrons. The Hall–Kier alpha value is -1.40. The SMILES string of the molecule is CC(C)(C)C1C[C@@H](O)CN1c1ccnc(N2CCOCC2)n1. The normalized spacial score (nSPS) is 26.5. The molecule has 1 aromatic rings. The van der Waals surface area contributed by atoms with Gasteiger partial charge in [-0.25, -0.2) is 4.98 Å². The van der Waals surface area contributed by atoms with E-state index >= 15 is 0 Å². The summed E-state index contributed by atoms with van der Waals surface area (Å²) in [6.07, 6.45) is 2.32. The molecule has 6 nitrogen and oxygen atoms in total. The van der Waals surface area contributed by atoms with Crippen LogP contribution in [0.1, 0.15) is 27.2 Å². The smallest absolute Gasteiger partial charge is 0.227 e. The molecule has 3 heterocycles. The van der Waals surface area contributed by atoms with E-state index in [4.69, 9.17) is 9.72 Å². The van der Waals surface area contributed by atoms with Crippen molar-refractivity contribution in [3.05, 3.63) is 12.3 Å². The van der Waals surface area contributed by atoms with E-state index in [0.717, 1.165) is 44.5 Å². The molecule has 0 aliphatic carbocycles. The summed E-state index contributed by atoms with van der Waals surface area (Å²) >= 11 is 0. The van der Waals surface area contributed by atoms with E-state index in [1.54, 1.807) is 0 Å². The van der Waals surface area contributed by atoms with Crippen molar-refractivity contribution < 1.29 is 9.84 Å². The Labute approximate surface area is 132 Å². The molecule has 6 heteroatoms. The Morgan fingerprint density at radius 1 is 1.27 bits per heavy atom. The van der Waals surface area contributed by atoms with E-state index in [9.17, 15) is 5.11 Å². The van der Waals surface area contributed by atoms with Gasteiger partial charge in [0.2, 0.25) is 5.95 Å². The summed E-state index contributed by atoms with van der Waals surface area (Å²) in [7, 11) is 0. The van der Waals surface area contributed by atoms with Gasteiger partial charge < -0.3 is 19.6 Å². The maximum Gasteiger partial charge on any atom is 0.227 e. The topological polar surface area (TPSA) is 61.7 Å². The average Bonchev–Trinajstić information content (AvgIpc) is 2.91. The second kappa shape index (κ2) is 6.01. The van der Waals surface area contributed by atoms with Crippen molar-refractivity contribution in [3.8, 4) is 0 Å². The fourth-order valence-electron chi connectivity index (χ4n) is 3.30. The van der Waals surface area contributed by atoms with Gasteiger partial charge in [0.15, 0.2) is 0 Å². The highest BCUT2D eigenvalue weighted by Gasteiger charge is 2.39. The average molecular weight is 306 g/mol. The standard InChI is InChI=1S/C16H26N4O2/c1-16(2,3)13-10-12(21)11-20(13)14-4-5-17-15(18-14)19-6-8-22-9-7-19/h4-5,12-13,21H,6-11H2,1-3H3/t12-,13?/m1/s1. The van der Waals surface area contributed by atoms with E-state index < -0.39 is 0 Å². The number of morpholine rings is 1. The first-order valence-corrected chi connectivity index (χ1v) is 8.05. The zero-order valence-electron chi connectivity index (χ0n) is 13.7. The van der Waals surface area contributed by atoms with E-state index in [-0.39, 0.29) is 17.6 Å². The summed E-state index contributed by atoms with van der Waals surface area (Å²) in [5.74, 6) is 1.67. The monoisotopic (exact) mass is 306 g/mol. The lowest BCUT2D eigenvalue weighted by Crippen LogP contribution is -2.41. The number of anilines is 2. The van der Waals surface area contributed by atoms with Gasteiger partial charge in [-0.2, -0.15) is 4.98 Å². The van der Waals surface area contributed by atoms with Crippen molar-refractivity contribution in [2.45, 2.75) is 39.3 Å². The quantitative estimate of drug-likeness (QED) is 0.888. The van der Waals surface area contributed by atoms with Crippen LogP contribution in [0.25, 0.3) is 0 Å². The maximum atomic E-state index is 10.1. The molecule has 0 aromatic carbocycles. The van der Waals surface area contributed by atoms with Crippen LogP contribution < -0.4 is 9.80 Å². The molecule has 2 aliphatic rings. The van der Waals surface area contributed by atoms with Gasteiger partial charge in [-0.15, -0.1) is 0 Å². The Balaban J connectivity index is 1.84. The number of rotatable bonds is 2. The minimum Gasteiger partial charge on any atom is -0.391 e. The van der Waals surface area contributed by atoms with Crippen LogP contribution in [0.3, 0.4) is 0 Å². The molecule has 1 N–H and O–H groups in total. The second-order valence-electron chi connectivity index (χ2n) is 7.24. The zero-order valence-corrected chi connectivity index (χ0v) is 13.7. The van der Waals surface area contributed by atoms with E-state index in [1.807, 2.05) is 12.3 Å². The minimum atomic E-state index is -0.286. The van der Waals surface area contributed by atoms with Crippen LogP contribution in [0.2, 0.25) is 0 Å². The van der Waals surface area contributed by atoms with E-state index in [1.165, 1.54) is 0 Å². The molecule has 2 saturated heterocycles. The number of ether oxygens (including phenoxy) is 1. The van der Waals surface area contributed by atoms with Crippen LogP contribution >= 0.6 is 0 Å². The molecule has 0 amide bonds. The van der Waals surface area contributed by atoms with Gasteiger partial charge in [0, 0.05) is 31.9 Å². The van der Waals surface area contributed by atoms with Crippen LogP contribution in [0.15, 0.2) is 12.3 Å². The van der Waals surface area contributed by atoms with Crippen molar-refractivity contribution in [3.63, 3.8) is 0 Å². The van der Waals surface area contributed by atoms with Crippen molar-refractivity contribution in [2.75, 3.05) is 42.6 Å². The number of aliphatic hydroxyl groups is 1. The first kappa shape index (κ1) is 15.5. The van der Waals surface area contributed by atoms with E-state index in [0.29, 0.717) is 6.54 Å². The highest BCUT2D eigenvalue weighted by atomic mass is 16.5. The van der Waals surface area contributed by atoms with Gasteiger partial charge in [0.05, 0.1) is 19.3 Å². The fourth-order valence-corrected chi connectivity index (χ4v) is 3.30. The molecular weight excluding hydrogens is 280 g/mol. The summed E-state index contributed by atoms with van der Waals surface area (Å²) in [4.78, 5) is 13.6. The zero-order chi connectivity index (χ0) is 15.7. The van der Waals surface area contributed by atoms with Crippen molar-refractivity contribution in [1.29, 1.82) is 0 Å². The number of β-amino-alcohol motifs (C(OH)–C–C–N with tert-alkyl or cyclic N) is 1. The number of aliphatic hydroxyl groups excluding tert-OH is 1. The summed E-state index contributed by atoms with van der Waals surface area (Å²) in [5, 5.41) is 10.1. The van der Waals surface area contributed by atoms with Gasteiger partial charge in [-0.1, -0.05) is 20.8 Å². The third-order valence-electron chi connectivity index (χ3n) is 4.50. The molecule has 0 spiro atoms. The van der Waals surface area contributed by atoms with Crippen LogP contribution in [0.5, 0.6) is 0 Å². The highest BCUT2D eigenvalue weighted by molar-refractivity contribution is 5.46. The molecule has 2 aliphatic heterocycles.